The molecule has 0 atom stereocenters. The molecule has 3 aromatic rings. The molecule has 0 unspecified atom stereocenters. The molecule has 4 rings (SSSR count). The Morgan fingerprint density at radius 1 is 1.06 bits per heavy atom. The molecular formula is C27H23Cl2FN2O3S. The summed E-state index contributed by atoms with van der Waals surface area (Å²) in [7, 11) is 0. The molecular weight excluding hydrogens is 522 g/mol. The Balaban J connectivity index is 1.57. The third kappa shape index (κ3) is 6.48. The van der Waals surface area contributed by atoms with Crippen LogP contribution in [0.25, 0.3) is 6.08 Å². The van der Waals surface area contributed by atoms with Crippen molar-refractivity contribution in [2.24, 2.45) is 4.99 Å². The molecule has 1 heterocycles. The monoisotopic (exact) mass is 544 g/mol. The summed E-state index contributed by atoms with van der Waals surface area (Å²) < 4.78 is 25.1. The van der Waals surface area contributed by atoms with Crippen LogP contribution in [0.4, 0.5) is 10.1 Å². The number of para-hydroxylation sites is 1. The lowest BCUT2D eigenvalue weighted by atomic mass is 10.2. The molecule has 9 heteroatoms. The van der Waals surface area contributed by atoms with Gasteiger partial charge in [0, 0.05) is 12.2 Å². The van der Waals surface area contributed by atoms with Crippen LogP contribution in [0.5, 0.6) is 5.75 Å². The van der Waals surface area contributed by atoms with Crippen molar-refractivity contribution in [1.82, 2.24) is 4.90 Å². The highest BCUT2D eigenvalue weighted by Gasteiger charge is 2.33. The Kier molecular flexibility index (Phi) is 9.04. The van der Waals surface area contributed by atoms with Gasteiger partial charge in [-0.25, -0.2) is 9.38 Å². The second kappa shape index (κ2) is 12.4. The number of thioether (sulfide) groups is 1. The van der Waals surface area contributed by atoms with Crippen LogP contribution in [0, 0.1) is 5.82 Å². The summed E-state index contributed by atoms with van der Waals surface area (Å²) >= 11 is 14.1. The maximum atomic E-state index is 13.9. The van der Waals surface area contributed by atoms with Gasteiger partial charge in [-0.15, -0.1) is 0 Å². The molecule has 0 radical (unpaired) electrons. The van der Waals surface area contributed by atoms with Gasteiger partial charge < -0.3 is 9.47 Å². The molecule has 1 amide bonds. The van der Waals surface area contributed by atoms with Crippen LogP contribution < -0.4 is 4.74 Å². The molecule has 1 aliphatic heterocycles. The number of benzene rings is 3. The third-order valence-electron chi connectivity index (χ3n) is 5.18. The fourth-order valence-corrected chi connectivity index (χ4v) is 5.06. The first kappa shape index (κ1) is 26.2. The van der Waals surface area contributed by atoms with E-state index in [1.165, 1.54) is 17.8 Å². The Labute approximate surface area is 223 Å². The predicted octanol–water partition coefficient (Wildman–Crippen LogP) is 7.35. The van der Waals surface area contributed by atoms with Gasteiger partial charge in [0.1, 0.15) is 12.4 Å². The van der Waals surface area contributed by atoms with Gasteiger partial charge >= 0.3 is 0 Å². The molecule has 186 valence electrons. The fraction of sp³-hybridized carbons (Fsp3) is 0.185. The van der Waals surface area contributed by atoms with Gasteiger partial charge in [-0.2, -0.15) is 0 Å². The molecule has 3 aromatic carbocycles. The van der Waals surface area contributed by atoms with Crippen molar-refractivity contribution >= 4 is 57.8 Å². The van der Waals surface area contributed by atoms with E-state index in [0.29, 0.717) is 41.0 Å². The van der Waals surface area contributed by atoms with Gasteiger partial charge in [0.15, 0.2) is 10.9 Å². The van der Waals surface area contributed by atoms with E-state index in [-0.39, 0.29) is 34.1 Å². The summed E-state index contributed by atoms with van der Waals surface area (Å²) in [6, 6.07) is 19.1. The number of ether oxygens (including phenoxy) is 2. The predicted molar refractivity (Wildman–Crippen MR) is 145 cm³/mol. The molecule has 0 N–H and O–H groups in total. The minimum absolute atomic E-state index is 0.0189. The number of amides is 1. The average Bonchev–Trinajstić information content (AvgIpc) is 3.14. The zero-order chi connectivity index (χ0) is 25.5. The van der Waals surface area contributed by atoms with Gasteiger partial charge in [0.2, 0.25) is 0 Å². The summed E-state index contributed by atoms with van der Waals surface area (Å²) in [6.07, 6.45) is 1.71. The van der Waals surface area contributed by atoms with Crippen LogP contribution in [0.3, 0.4) is 0 Å². The second-order valence-corrected chi connectivity index (χ2v) is 9.51. The third-order valence-corrected chi connectivity index (χ3v) is 6.75. The van der Waals surface area contributed by atoms with Gasteiger partial charge in [0.25, 0.3) is 5.91 Å². The molecule has 0 aromatic heterocycles. The largest absolute Gasteiger partial charge is 0.486 e. The molecule has 0 bridgehead atoms. The Hall–Kier alpha value is -2.84. The van der Waals surface area contributed by atoms with Crippen LogP contribution in [-0.4, -0.2) is 35.7 Å². The maximum absolute atomic E-state index is 13.9. The Morgan fingerprint density at radius 3 is 2.44 bits per heavy atom. The van der Waals surface area contributed by atoms with Crippen molar-refractivity contribution in [2.75, 3.05) is 19.8 Å². The van der Waals surface area contributed by atoms with E-state index in [1.807, 2.05) is 37.3 Å². The van der Waals surface area contributed by atoms with E-state index in [2.05, 4.69) is 4.99 Å². The molecule has 1 fully saturated rings. The average molecular weight is 545 g/mol. The minimum atomic E-state index is -0.371. The van der Waals surface area contributed by atoms with E-state index in [9.17, 15) is 9.18 Å². The minimum Gasteiger partial charge on any atom is -0.486 e. The van der Waals surface area contributed by atoms with Crippen molar-refractivity contribution in [3.8, 4) is 5.75 Å². The van der Waals surface area contributed by atoms with Crippen molar-refractivity contribution in [1.29, 1.82) is 0 Å². The molecule has 36 heavy (non-hydrogen) atoms. The number of rotatable bonds is 9. The first-order chi connectivity index (χ1) is 17.5. The normalized spacial score (nSPS) is 15.8. The van der Waals surface area contributed by atoms with Gasteiger partial charge in [-0.3, -0.25) is 9.69 Å². The Morgan fingerprint density at radius 2 is 1.75 bits per heavy atom. The number of halogens is 3. The van der Waals surface area contributed by atoms with E-state index in [4.69, 9.17) is 32.7 Å². The number of hydrogen-bond acceptors (Lipinski definition) is 5. The van der Waals surface area contributed by atoms with Crippen molar-refractivity contribution in [3.63, 3.8) is 0 Å². The quantitative estimate of drug-likeness (QED) is 0.208. The lowest BCUT2D eigenvalue weighted by molar-refractivity contribution is -0.122. The Bertz CT molecular complexity index is 1280. The highest BCUT2D eigenvalue weighted by Crippen LogP contribution is 2.38. The van der Waals surface area contributed by atoms with E-state index >= 15 is 0 Å². The van der Waals surface area contributed by atoms with Crippen molar-refractivity contribution < 1.29 is 18.7 Å². The molecule has 0 aliphatic carbocycles. The number of carbonyl (C=O) groups excluding carboxylic acids is 1. The SMILES string of the molecule is CCOCCN1C(=O)/C(=C/c2cc(Cl)c(OCc3ccccc3F)c(Cl)c2)SC1=Nc1ccccc1. The number of carbonyl (C=O) groups is 1. The van der Waals surface area contributed by atoms with E-state index < -0.39 is 0 Å². The molecule has 0 saturated carbocycles. The number of aliphatic imine (C=N–C) groups is 1. The summed E-state index contributed by atoms with van der Waals surface area (Å²) in [5, 5.41) is 1.08. The van der Waals surface area contributed by atoms with E-state index in [0.717, 1.165) is 5.69 Å². The zero-order valence-electron chi connectivity index (χ0n) is 19.4. The number of amidine groups is 1. The number of hydrogen-bond donors (Lipinski definition) is 0. The molecule has 1 aliphatic rings. The highest BCUT2D eigenvalue weighted by molar-refractivity contribution is 8.18. The van der Waals surface area contributed by atoms with E-state index in [1.54, 1.807) is 41.3 Å². The lowest BCUT2D eigenvalue weighted by Crippen LogP contribution is -2.32. The van der Waals surface area contributed by atoms with Gasteiger partial charge in [0.05, 0.1) is 33.8 Å². The lowest BCUT2D eigenvalue weighted by Gasteiger charge is -2.15. The summed E-state index contributed by atoms with van der Waals surface area (Å²) in [4.78, 5) is 19.9. The summed E-state index contributed by atoms with van der Waals surface area (Å²) in [5.41, 5.74) is 1.77. The summed E-state index contributed by atoms with van der Waals surface area (Å²) in [5.74, 6) is -0.301. The van der Waals surface area contributed by atoms with Crippen LogP contribution in [0.2, 0.25) is 10.0 Å². The highest BCUT2D eigenvalue weighted by atomic mass is 35.5. The van der Waals surface area contributed by atoms with Crippen LogP contribution >= 0.6 is 35.0 Å². The second-order valence-electron chi connectivity index (χ2n) is 7.69. The summed E-state index contributed by atoms with van der Waals surface area (Å²) in [6.45, 7) is 3.23. The van der Waals surface area contributed by atoms with Gasteiger partial charge in [-0.05, 0) is 60.7 Å². The maximum Gasteiger partial charge on any atom is 0.266 e. The standard InChI is InChI=1S/C27H23Cl2FN2O3S/c1-2-34-13-12-32-26(33)24(36-27(32)31-20-9-4-3-5-10-20)16-18-14-21(28)25(22(29)15-18)35-17-19-8-6-7-11-23(19)30/h3-11,14-16H,2,12-13,17H2,1H3/b24-16-,31-27?. The van der Waals surface area contributed by atoms with Crippen LogP contribution in [-0.2, 0) is 16.1 Å². The molecule has 0 spiro atoms. The first-order valence-electron chi connectivity index (χ1n) is 11.2. The fourth-order valence-electron chi connectivity index (χ4n) is 3.42. The van der Waals surface area contributed by atoms with Gasteiger partial charge in [-0.1, -0.05) is 59.6 Å². The molecule has 5 nitrogen and oxygen atoms in total. The van der Waals surface area contributed by atoms with Crippen LogP contribution in [0.15, 0.2) is 76.6 Å². The first-order valence-corrected chi connectivity index (χ1v) is 12.8. The van der Waals surface area contributed by atoms with Crippen LogP contribution in [0.1, 0.15) is 18.1 Å². The molecule has 1 saturated heterocycles. The van der Waals surface area contributed by atoms with Crippen molar-refractivity contribution in [3.05, 3.63) is 98.6 Å². The number of nitrogens with zero attached hydrogens (tertiary/aromatic N) is 2. The topological polar surface area (TPSA) is 51.1 Å². The smallest absolute Gasteiger partial charge is 0.266 e. The zero-order valence-corrected chi connectivity index (χ0v) is 21.7. The van der Waals surface area contributed by atoms with Crippen molar-refractivity contribution in [2.45, 2.75) is 13.5 Å².